The van der Waals surface area contributed by atoms with E-state index in [0.717, 1.165) is 22.4 Å². The maximum Gasteiger partial charge on any atom is 0.0991 e. The van der Waals surface area contributed by atoms with Gasteiger partial charge < -0.3 is 0 Å². The molecule has 0 saturated heterocycles. The molecule has 38 heavy (non-hydrogen) atoms. The van der Waals surface area contributed by atoms with Gasteiger partial charge in [0.25, 0.3) is 0 Å². The molecule has 0 radical (unpaired) electrons. The van der Waals surface area contributed by atoms with Crippen molar-refractivity contribution in [3.8, 4) is 28.3 Å². The molecule has 0 bridgehead atoms. The van der Waals surface area contributed by atoms with Gasteiger partial charge in [0, 0.05) is 5.71 Å². The van der Waals surface area contributed by atoms with Gasteiger partial charge in [-0.05, 0) is 74.0 Å². The molecule has 0 aromatic heterocycles. The van der Waals surface area contributed by atoms with E-state index >= 15 is 0 Å². The van der Waals surface area contributed by atoms with Crippen molar-refractivity contribution in [2.45, 2.75) is 13.5 Å². The number of fused-ring (bicyclic) bond motifs is 2. The molecule has 0 spiro atoms. The zero-order valence-corrected chi connectivity index (χ0v) is 21.2. The summed E-state index contributed by atoms with van der Waals surface area (Å²) in [5.41, 5.74) is 8.66. The van der Waals surface area contributed by atoms with E-state index in [2.05, 4.69) is 116 Å². The topological polar surface area (TPSA) is 36.1 Å². The monoisotopic (exact) mass is 486 g/mol. The predicted molar refractivity (Wildman–Crippen MR) is 159 cm³/mol. The standard InChI is InChI=1S/C36H26N2/c1-25(38-24-26-10-3-2-4-11-26)28-18-20-29(21-19-28)35-31-14-5-7-16-33(31)36(34-17-8-6-15-32(34)35)30-13-9-12-27(22-30)23-37/h2-22H,24H2,1H3/b38-25+. The number of nitrogens with zero attached hydrogens (tertiary/aromatic N) is 2. The highest BCUT2D eigenvalue weighted by atomic mass is 14.7. The van der Waals surface area contributed by atoms with Gasteiger partial charge in [-0.3, -0.25) is 4.99 Å². The van der Waals surface area contributed by atoms with Gasteiger partial charge in [-0.15, -0.1) is 0 Å². The van der Waals surface area contributed by atoms with Crippen LogP contribution in [0.25, 0.3) is 43.8 Å². The molecule has 6 aromatic carbocycles. The van der Waals surface area contributed by atoms with Crippen LogP contribution in [0.5, 0.6) is 0 Å². The number of rotatable bonds is 5. The lowest BCUT2D eigenvalue weighted by Crippen LogP contribution is -1.96. The molecule has 0 unspecified atom stereocenters. The van der Waals surface area contributed by atoms with Gasteiger partial charge in [0.1, 0.15) is 0 Å². The van der Waals surface area contributed by atoms with E-state index in [9.17, 15) is 5.26 Å². The average molecular weight is 487 g/mol. The molecule has 0 N–H and O–H groups in total. The molecule has 180 valence electrons. The number of benzene rings is 6. The van der Waals surface area contributed by atoms with E-state index in [1.54, 1.807) is 0 Å². The van der Waals surface area contributed by atoms with Crippen LogP contribution in [0.4, 0.5) is 0 Å². The van der Waals surface area contributed by atoms with Gasteiger partial charge >= 0.3 is 0 Å². The first kappa shape index (κ1) is 23.4. The SMILES string of the molecule is C/C(=N\Cc1ccccc1)c1ccc(-c2c3ccccc3c(-c3cccc(C#N)c3)c3ccccc23)cc1. The first-order valence-corrected chi connectivity index (χ1v) is 12.8. The Balaban J connectivity index is 1.49. The molecule has 0 aliphatic rings. The summed E-state index contributed by atoms with van der Waals surface area (Å²) in [5.74, 6) is 0. The summed E-state index contributed by atoms with van der Waals surface area (Å²) in [6, 6.07) is 46.5. The van der Waals surface area contributed by atoms with Crippen molar-refractivity contribution in [2.24, 2.45) is 4.99 Å². The van der Waals surface area contributed by atoms with Crippen molar-refractivity contribution in [2.75, 3.05) is 0 Å². The van der Waals surface area contributed by atoms with E-state index in [1.165, 1.54) is 38.2 Å². The fraction of sp³-hybridized carbons (Fsp3) is 0.0556. The highest BCUT2D eigenvalue weighted by molar-refractivity contribution is 6.21. The number of hydrogen-bond donors (Lipinski definition) is 0. The maximum atomic E-state index is 9.52. The van der Waals surface area contributed by atoms with Crippen LogP contribution in [-0.2, 0) is 6.54 Å². The fourth-order valence-electron chi connectivity index (χ4n) is 5.26. The van der Waals surface area contributed by atoms with Gasteiger partial charge in [0.15, 0.2) is 0 Å². The number of hydrogen-bond acceptors (Lipinski definition) is 2. The molecular weight excluding hydrogens is 460 g/mol. The quantitative estimate of drug-likeness (QED) is 0.177. The lowest BCUT2D eigenvalue weighted by molar-refractivity contribution is 1.06. The van der Waals surface area contributed by atoms with E-state index in [0.29, 0.717) is 12.1 Å². The van der Waals surface area contributed by atoms with Crippen LogP contribution in [0.2, 0.25) is 0 Å². The molecule has 0 atom stereocenters. The van der Waals surface area contributed by atoms with E-state index in [4.69, 9.17) is 4.99 Å². The van der Waals surface area contributed by atoms with E-state index in [-0.39, 0.29) is 0 Å². The summed E-state index contributed by atoms with van der Waals surface area (Å²) in [4.78, 5) is 4.82. The second-order valence-corrected chi connectivity index (χ2v) is 9.50. The molecule has 6 aromatic rings. The largest absolute Gasteiger partial charge is 0.285 e. The van der Waals surface area contributed by atoms with Crippen molar-refractivity contribution < 1.29 is 0 Å². The molecule has 0 aliphatic heterocycles. The zero-order chi connectivity index (χ0) is 25.9. The lowest BCUT2D eigenvalue weighted by atomic mass is 9.85. The minimum atomic E-state index is 0.666. The van der Waals surface area contributed by atoms with Crippen LogP contribution in [-0.4, -0.2) is 5.71 Å². The predicted octanol–water partition coefficient (Wildman–Crippen LogP) is 9.21. The summed E-state index contributed by atoms with van der Waals surface area (Å²) in [5, 5.41) is 14.3. The summed E-state index contributed by atoms with van der Waals surface area (Å²) in [7, 11) is 0. The molecule has 0 saturated carbocycles. The van der Waals surface area contributed by atoms with Gasteiger partial charge in [-0.25, -0.2) is 0 Å². The summed E-state index contributed by atoms with van der Waals surface area (Å²) >= 11 is 0. The Labute approximate surface area is 223 Å². The zero-order valence-electron chi connectivity index (χ0n) is 21.2. The van der Waals surface area contributed by atoms with Crippen LogP contribution in [0.15, 0.2) is 132 Å². The Morgan fingerprint density at radius 1 is 0.605 bits per heavy atom. The minimum Gasteiger partial charge on any atom is -0.285 e. The third kappa shape index (κ3) is 4.36. The fourth-order valence-corrected chi connectivity index (χ4v) is 5.26. The van der Waals surface area contributed by atoms with Gasteiger partial charge in [0.2, 0.25) is 0 Å². The van der Waals surface area contributed by atoms with Crippen LogP contribution in [0.1, 0.15) is 23.6 Å². The Kier molecular flexibility index (Phi) is 6.26. The second-order valence-electron chi connectivity index (χ2n) is 9.50. The summed E-state index contributed by atoms with van der Waals surface area (Å²) in [6.45, 7) is 2.76. The highest BCUT2D eigenvalue weighted by Gasteiger charge is 2.16. The van der Waals surface area contributed by atoms with Crippen LogP contribution in [0, 0.1) is 11.3 Å². The molecule has 0 fully saturated rings. The lowest BCUT2D eigenvalue weighted by Gasteiger charge is -2.18. The van der Waals surface area contributed by atoms with Crippen LogP contribution in [0.3, 0.4) is 0 Å². The van der Waals surface area contributed by atoms with Gasteiger partial charge in [0.05, 0.1) is 18.2 Å². The molecule has 0 amide bonds. The summed E-state index contributed by atoms with van der Waals surface area (Å²) < 4.78 is 0. The normalized spacial score (nSPS) is 11.5. The average Bonchev–Trinajstić information content (AvgIpc) is 2.99. The Morgan fingerprint density at radius 2 is 1.16 bits per heavy atom. The number of aliphatic imine (C=N–C) groups is 1. The van der Waals surface area contributed by atoms with Crippen molar-refractivity contribution >= 4 is 27.3 Å². The van der Waals surface area contributed by atoms with Crippen molar-refractivity contribution in [1.29, 1.82) is 5.26 Å². The Hall–Kier alpha value is -5.00. The summed E-state index contributed by atoms with van der Waals surface area (Å²) in [6.07, 6.45) is 0. The van der Waals surface area contributed by atoms with Crippen LogP contribution >= 0.6 is 0 Å². The van der Waals surface area contributed by atoms with Crippen LogP contribution < -0.4 is 0 Å². The van der Waals surface area contributed by atoms with E-state index in [1.807, 2.05) is 24.3 Å². The molecule has 0 aliphatic carbocycles. The van der Waals surface area contributed by atoms with Crippen molar-refractivity contribution in [3.63, 3.8) is 0 Å². The molecular formula is C36H26N2. The maximum absolute atomic E-state index is 9.52. The van der Waals surface area contributed by atoms with Crippen molar-refractivity contribution in [3.05, 3.63) is 144 Å². The Morgan fingerprint density at radius 3 is 1.74 bits per heavy atom. The highest BCUT2D eigenvalue weighted by Crippen LogP contribution is 2.43. The molecule has 6 rings (SSSR count). The molecule has 0 heterocycles. The van der Waals surface area contributed by atoms with E-state index < -0.39 is 0 Å². The van der Waals surface area contributed by atoms with Crippen molar-refractivity contribution in [1.82, 2.24) is 0 Å². The second kappa shape index (κ2) is 10.2. The Bertz CT molecular complexity index is 1780. The number of nitriles is 1. The smallest absolute Gasteiger partial charge is 0.0991 e. The minimum absolute atomic E-state index is 0.666. The van der Waals surface area contributed by atoms with Gasteiger partial charge in [-0.2, -0.15) is 5.26 Å². The third-order valence-corrected chi connectivity index (χ3v) is 7.14. The van der Waals surface area contributed by atoms with Gasteiger partial charge in [-0.1, -0.05) is 115 Å². The molecule has 2 nitrogen and oxygen atoms in total. The first-order valence-electron chi connectivity index (χ1n) is 12.8. The first-order chi connectivity index (χ1) is 18.7. The third-order valence-electron chi connectivity index (χ3n) is 7.14. The molecule has 2 heteroatoms.